The summed E-state index contributed by atoms with van der Waals surface area (Å²) in [5, 5.41) is 14.1. The molecule has 2 heterocycles. The maximum Gasteiger partial charge on any atom is 0.194 e. The number of para-hydroxylation sites is 1. The minimum atomic E-state index is -0.274. The quantitative estimate of drug-likeness (QED) is 0.448. The Balaban J connectivity index is 1.43. The van der Waals surface area contributed by atoms with E-state index in [9.17, 15) is 9.50 Å². The van der Waals surface area contributed by atoms with Crippen LogP contribution in [0.15, 0.2) is 57.9 Å². The first-order valence-corrected chi connectivity index (χ1v) is 11.2. The number of nitrogens with one attached hydrogen (secondary N) is 1. The molecule has 0 unspecified atom stereocenters. The highest BCUT2D eigenvalue weighted by Gasteiger charge is 2.19. The van der Waals surface area contributed by atoms with Crippen molar-refractivity contribution < 1.29 is 13.9 Å². The van der Waals surface area contributed by atoms with Crippen molar-refractivity contribution in [1.82, 2.24) is 10.2 Å². The van der Waals surface area contributed by atoms with Crippen LogP contribution in [0.5, 0.6) is 0 Å². The van der Waals surface area contributed by atoms with E-state index >= 15 is 0 Å². The van der Waals surface area contributed by atoms with Gasteiger partial charge >= 0.3 is 0 Å². The van der Waals surface area contributed by atoms with Crippen LogP contribution in [-0.2, 0) is 13.1 Å². The lowest BCUT2D eigenvalue weighted by molar-refractivity contribution is 0.145. The summed E-state index contributed by atoms with van der Waals surface area (Å²) in [7, 11) is 1.96. The van der Waals surface area contributed by atoms with E-state index < -0.39 is 0 Å². The monoisotopic (exact) mass is 438 g/mol. The molecule has 7 heteroatoms. The minimum absolute atomic E-state index is 0.241. The highest BCUT2D eigenvalue weighted by molar-refractivity contribution is 5.80. The van der Waals surface area contributed by atoms with Crippen LogP contribution >= 0.6 is 0 Å². The van der Waals surface area contributed by atoms with Gasteiger partial charge in [-0.05, 0) is 49.6 Å². The standard InChI is InChI=1S/C25H31FN4O2/c1-3-27-25(29(2)17-21-15-19-6-4-5-7-24(19)32-21)28-16-18-8-9-23(22(26)14-18)30-12-10-20(31)11-13-30/h4-9,14-15,20,31H,3,10-13,16-17H2,1-2H3,(H,27,28). The van der Waals surface area contributed by atoms with E-state index in [1.54, 1.807) is 6.07 Å². The summed E-state index contributed by atoms with van der Waals surface area (Å²) in [5.41, 5.74) is 2.28. The van der Waals surface area contributed by atoms with Crippen LogP contribution in [0.25, 0.3) is 11.0 Å². The number of rotatable bonds is 6. The molecule has 2 N–H and O–H groups in total. The molecule has 1 aliphatic rings. The van der Waals surface area contributed by atoms with E-state index in [1.165, 1.54) is 0 Å². The van der Waals surface area contributed by atoms with Crippen molar-refractivity contribution in [3.63, 3.8) is 0 Å². The number of guanidine groups is 1. The van der Waals surface area contributed by atoms with Crippen LogP contribution in [0.3, 0.4) is 0 Å². The second-order valence-corrected chi connectivity index (χ2v) is 8.28. The van der Waals surface area contributed by atoms with Crippen molar-refractivity contribution in [2.45, 2.75) is 39.0 Å². The van der Waals surface area contributed by atoms with Crippen molar-refractivity contribution >= 4 is 22.6 Å². The highest BCUT2D eigenvalue weighted by atomic mass is 19.1. The van der Waals surface area contributed by atoms with Gasteiger partial charge in [-0.2, -0.15) is 0 Å². The molecular weight excluding hydrogens is 407 g/mol. The molecule has 170 valence electrons. The lowest BCUT2D eigenvalue weighted by Gasteiger charge is -2.31. The topological polar surface area (TPSA) is 64.2 Å². The van der Waals surface area contributed by atoms with Crippen LogP contribution in [0, 0.1) is 5.82 Å². The Kier molecular flexibility index (Phi) is 6.95. The summed E-state index contributed by atoms with van der Waals surface area (Å²) < 4.78 is 20.7. The number of halogens is 1. The first kappa shape index (κ1) is 22.1. The molecule has 1 saturated heterocycles. The number of furan rings is 1. The number of aliphatic imine (C=N–C) groups is 1. The molecule has 3 aromatic rings. The number of benzene rings is 2. The second-order valence-electron chi connectivity index (χ2n) is 8.28. The van der Waals surface area contributed by atoms with Crippen LogP contribution in [0.1, 0.15) is 31.1 Å². The SMILES string of the molecule is CCNC(=NCc1ccc(N2CCC(O)CC2)c(F)c1)N(C)Cc1cc2ccccc2o1. The van der Waals surface area contributed by atoms with Gasteiger partial charge in [0.1, 0.15) is 17.2 Å². The minimum Gasteiger partial charge on any atom is -0.459 e. The van der Waals surface area contributed by atoms with Gasteiger partial charge in [0.2, 0.25) is 0 Å². The third kappa shape index (κ3) is 5.22. The van der Waals surface area contributed by atoms with Crippen LogP contribution < -0.4 is 10.2 Å². The maximum absolute atomic E-state index is 14.8. The lowest BCUT2D eigenvalue weighted by Crippen LogP contribution is -2.38. The predicted octanol–water partition coefficient (Wildman–Crippen LogP) is 4.13. The van der Waals surface area contributed by atoms with Gasteiger partial charge in [-0.1, -0.05) is 24.3 Å². The maximum atomic E-state index is 14.8. The fraction of sp³-hybridized carbons (Fsp3) is 0.400. The molecule has 0 atom stereocenters. The van der Waals surface area contributed by atoms with Gasteiger partial charge in [0, 0.05) is 32.1 Å². The molecule has 0 spiro atoms. The summed E-state index contributed by atoms with van der Waals surface area (Å²) in [6, 6.07) is 15.3. The van der Waals surface area contributed by atoms with E-state index in [1.807, 2.05) is 66.2 Å². The van der Waals surface area contributed by atoms with Gasteiger partial charge in [0.15, 0.2) is 5.96 Å². The molecule has 1 aliphatic heterocycles. The number of aliphatic hydroxyl groups excluding tert-OH is 1. The van der Waals surface area contributed by atoms with E-state index in [0.717, 1.165) is 34.8 Å². The zero-order valence-electron chi connectivity index (χ0n) is 18.7. The van der Waals surface area contributed by atoms with Crippen molar-refractivity contribution in [2.24, 2.45) is 4.99 Å². The van der Waals surface area contributed by atoms with Crippen LogP contribution in [-0.4, -0.2) is 48.8 Å². The summed E-state index contributed by atoms with van der Waals surface area (Å²) in [5.74, 6) is 1.36. The number of nitrogens with zero attached hydrogens (tertiary/aromatic N) is 3. The zero-order chi connectivity index (χ0) is 22.5. The number of hydrogen-bond donors (Lipinski definition) is 2. The molecular formula is C25H31FN4O2. The van der Waals surface area contributed by atoms with E-state index in [0.29, 0.717) is 44.7 Å². The lowest BCUT2D eigenvalue weighted by atomic mass is 10.1. The fourth-order valence-corrected chi connectivity index (χ4v) is 4.07. The Morgan fingerprint density at radius 3 is 2.72 bits per heavy atom. The van der Waals surface area contributed by atoms with Gasteiger partial charge in [-0.15, -0.1) is 0 Å². The molecule has 4 rings (SSSR count). The summed E-state index contributed by atoms with van der Waals surface area (Å²) in [4.78, 5) is 8.71. The summed E-state index contributed by atoms with van der Waals surface area (Å²) in [6.45, 7) is 5.06. The molecule has 0 radical (unpaired) electrons. The number of aliphatic hydroxyl groups is 1. The Hall–Kier alpha value is -3.06. The number of anilines is 1. The summed E-state index contributed by atoms with van der Waals surface area (Å²) in [6.07, 6.45) is 1.08. The number of fused-ring (bicyclic) bond motifs is 1. The van der Waals surface area contributed by atoms with Gasteiger partial charge in [-0.3, -0.25) is 0 Å². The smallest absolute Gasteiger partial charge is 0.194 e. The summed E-state index contributed by atoms with van der Waals surface area (Å²) >= 11 is 0. The van der Waals surface area contributed by atoms with Crippen molar-refractivity contribution in [1.29, 1.82) is 0 Å². The molecule has 6 nitrogen and oxygen atoms in total. The Bertz CT molecular complexity index is 1040. The van der Waals surface area contributed by atoms with E-state index in [2.05, 4.69) is 5.32 Å². The molecule has 1 aromatic heterocycles. The van der Waals surface area contributed by atoms with Crippen LogP contribution in [0.2, 0.25) is 0 Å². The molecule has 0 amide bonds. The number of hydrogen-bond acceptors (Lipinski definition) is 4. The molecule has 2 aromatic carbocycles. The molecule has 0 saturated carbocycles. The normalized spacial score (nSPS) is 15.4. The zero-order valence-corrected chi connectivity index (χ0v) is 18.7. The molecule has 1 fully saturated rings. The number of piperidine rings is 1. The first-order chi connectivity index (χ1) is 15.5. The predicted molar refractivity (Wildman–Crippen MR) is 126 cm³/mol. The van der Waals surface area contributed by atoms with Crippen LogP contribution in [0.4, 0.5) is 10.1 Å². The van der Waals surface area contributed by atoms with Gasteiger partial charge in [-0.25, -0.2) is 9.38 Å². The first-order valence-electron chi connectivity index (χ1n) is 11.2. The average Bonchev–Trinajstić information content (AvgIpc) is 3.19. The molecule has 0 bridgehead atoms. The average molecular weight is 439 g/mol. The van der Waals surface area contributed by atoms with E-state index in [-0.39, 0.29) is 11.9 Å². The Labute approximate surface area is 188 Å². The molecule has 0 aliphatic carbocycles. The third-order valence-electron chi connectivity index (χ3n) is 5.79. The second kappa shape index (κ2) is 10.0. The third-order valence-corrected chi connectivity index (χ3v) is 5.79. The highest BCUT2D eigenvalue weighted by Crippen LogP contribution is 2.25. The van der Waals surface area contributed by atoms with E-state index in [4.69, 9.17) is 9.41 Å². The van der Waals surface area contributed by atoms with Gasteiger partial charge in [0.25, 0.3) is 0 Å². The van der Waals surface area contributed by atoms with Crippen molar-refractivity contribution in [2.75, 3.05) is 31.6 Å². The van der Waals surface area contributed by atoms with Gasteiger partial charge < -0.3 is 24.6 Å². The Morgan fingerprint density at radius 1 is 1.22 bits per heavy atom. The molecule has 32 heavy (non-hydrogen) atoms. The van der Waals surface area contributed by atoms with Crippen molar-refractivity contribution in [3.05, 3.63) is 65.7 Å². The Morgan fingerprint density at radius 2 is 2.00 bits per heavy atom. The van der Waals surface area contributed by atoms with Gasteiger partial charge in [0.05, 0.1) is 24.9 Å². The largest absolute Gasteiger partial charge is 0.459 e. The van der Waals surface area contributed by atoms with Crippen molar-refractivity contribution in [3.8, 4) is 0 Å². The fourth-order valence-electron chi connectivity index (χ4n) is 4.07.